The molecule has 2 aromatic rings. The van der Waals surface area contributed by atoms with Gasteiger partial charge in [-0.15, -0.1) is 0 Å². The molecule has 92 valence electrons. The Kier molecular flexibility index (Phi) is 3.19. The summed E-state index contributed by atoms with van der Waals surface area (Å²) in [7, 11) is 0. The lowest BCUT2D eigenvalue weighted by molar-refractivity contribution is 0.844. The summed E-state index contributed by atoms with van der Waals surface area (Å²) in [5, 5.41) is 6.18. The predicted octanol–water partition coefficient (Wildman–Crippen LogP) is 3.53. The fraction of sp³-hybridized carbons (Fsp3) is 0.286. The predicted molar refractivity (Wildman–Crippen MR) is 79.3 cm³/mol. The summed E-state index contributed by atoms with van der Waals surface area (Å²) in [6, 6.07) is 10.2. The van der Waals surface area contributed by atoms with Crippen LogP contribution < -0.4 is 5.32 Å². The molecule has 1 unspecified atom stereocenters. The Balaban J connectivity index is 1.87. The second-order valence-electron chi connectivity index (χ2n) is 4.30. The van der Waals surface area contributed by atoms with E-state index in [-0.39, 0.29) is 0 Å². The molecule has 3 nitrogen and oxygen atoms in total. The Labute approximate surface area is 111 Å². The van der Waals surface area contributed by atoms with Gasteiger partial charge in [-0.2, -0.15) is 0 Å². The Bertz CT molecular complexity index is 589. The van der Waals surface area contributed by atoms with E-state index in [0.717, 1.165) is 34.7 Å². The van der Waals surface area contributed by atoms with E-state index in [1.54, 1.807) is 0 Å². The maximum atomic E-state index is 4.53. The van der Waals surface area contributed by atoms with E-state index in [4.69, 9.17) is 0 Å². The van der Waals surface area contributed by atoms with Gasteiger partial charge < -0.3 is 5.32 Å². The number of benzene rings is 1. The molecule has 0 spiro atoms. The lowest BCUT2D eigenvalue weighted by Gasteiger charge is -2.09. The van der Waals surface area contributed by atoms with Gasteiger partial charge in [0.1, 0.15) is 0 Å². The summed E-state index contributed by atoms with van der Waals surface area (Å²) >= 11 is 1.83. The number of para-hydroxylation sites is 1. The second kappa shape index (κ2) is 4.98. The first-order valence-electron chi connectivity index (χ1n) is 6.18. The van der Waals surface area contributed by atoms with Crippen molar-refractivity contribution in [3.8, 4) is 0 Å². The first-order valence-corrected chi connectivity index (χ1v) is 7.06. The van der Waals surface area contributed by atoms with E-state index in [2.05, 4.69) is 40.4 Å². The summed E-state index contributed by atoms with van der Waals surface area (Å²) in [5.74, 6) is 0. The summed E-state index contributed by atoms with van der Waals surface area (Å²) in [5.41, 5.74) is 2.04. The number of aromatic nitrogens is 1. The Morgan fingerprint density at radius 3 is 3.06 bits per heavy atom. The molecule has 0 aliphatic carbocycles. The molecule has 18 heavy (non-hydrogen) atoms. The van der Waals surface area contributed by atoms with E-state index in [0.29, 0.717) is 5.25 Å². The van der Waals surface area contributed by atoms with E-state index in [1.165, 1.54) is 0 Å². The standard InChI is InChI=1S/C14H15N3S/c1-2-11-9-16-14(18-11)17-12-7-3-5-10-6-4-8-15-13(10)12/h3-8,11H,2,9H2,1H3,(H,16,17). The SMILES string of the molecule is CCC1CN=C(Nc2cccc3cccnc23)S1. The molecule has 1 atom stereocenters. The average Bonchev–Trinajstić information content (AvgIpc) is 2.87. The van der Waals surface area contributed by atoms with Crippen LogP contribution >= 0.6 is 11.8 Å². The summed E-state index contributed by atoms with van der Waals surface area (Å²) in [6.45, 7) is 3.12. The molecule has 4 heteroatoms. The molecule has 0 saturated carbocycles. The number of nitrogens with zero attached hydrogens (tertiary/aromatic N) is 2. The van der Waals surface area contributed by atoms with Crippen LogP contribution in [0, 0.1) is 0 Å². The van der Waals surface area contributed by atoms with Gasteiger partial charge in [0.15, 0.2) is 5.17 Å². The van der Waals surface area contributed by atoms with Crippen LogP contribution in [0.25, 0.3) is 10.9 Å². The van der Waals surface area contributed by atoms with Gasteiger partial charge in [-0.05, 0) is 18.6 Å². The fourth-order valence-electron chi connectivity index (χ4n) is 2.02. The number of amidine groups is 1. The van der Waals surface area contributed by atoms with E-state index < -0.39 is 0 Å². The fourth-order valence-corrected chi connectivity index (χ4v) is 2.97. The number of thioether (sulfide) groups is 1. The zero-order chi connectivity index (χ0) is 12.4. The van der Waals surface area contributed by atoms with Crippen LogP contribution in [0.5, 0.6) is 0 Å². The number of nitrogens with one attached hydrogen (secondary N) is 1. The van der Waals surface area contributed by atoms with Gasteiger partial charge in [-0.1, -0.05) is 36.9 Å². The molecule has 1 N–H and O–H groups in total. The van der Waals surface area contributed by atoms with Crippen LogP contribution in [0.1, 0.15) is 13.3 Å². The quantitative estimate of drug-likeness (QED) is 0.894. The van der Waals surface area contributed by atoms with Gasteiger partial charge >= 0.3 is 0 Å². The first kappa shape index (κ1) is 11.5. The highest BCUT2D eigenvalue weighted by Gasteiger charge is 2.18. The highest BCUT2D eigenvalue weighted by Crippen LogP contribution is 2.27. The third-order valence-corrected chi connectivity index (χ3v) is 4.32. The number of pyridine rings is 1. The topological polar surface area (TPSA) is 37.3 Å². The largest absolute Gasteiger partial charge is 0.333 e. The molecule has 0 amide bonds. The minimum Gasteiger partial charge on any atom is -0.333 e. The van der Waals surface area contributed by atoms with E-state index in [1.807, 2.05) is 30.1 Å². The lowest BCUT2D eigenvalue weighted by atomic mass is 10.2. The molecule has 0 saturated heterocycles. The van der Waals surface area contributed by atoms with Crippen molar-refractivity contribution in [2.45, 2.75) is 18.6 Å². The van der Waals surface area contributed by atoms with Gasteiger partial charge in [0.2, 0.25) is 0 Å². The number of hydrogen-bond donors (Lipinski definition) is 1. The van der Waals surface area contributed by atoms with Gasteiger partial charge in [-0.25, -0.2) is 0 Å². The van der Waals surface area contributed by atoms with Gasteiger partial charge in [0.05, 0.1) is 17.7 Å². The third kappa shape index (κ3) is 2.20. The molecular formula is C14H15N3S. The van der Waals surface area contributed by atoms with Gasteiger partial charge in [-0.3, -0.25) is 9.98 Å². The van der Waals surface area contributed by atoms with Crippen molar-refractivity contribution in [1.29, 1.82) is 0 Å². The van der Waals surface area contributed by atoms with Crippen molar-refractivity contribution < 1.29 is 0 Å². The van der Waals surface area contributed by atoms with Gasteiger partial charge in [0.25, 0.3) is 0 Å². The normalized spacial score (nSPS) is 18.9. The lowest BCUT2D eigenvalue weighted by Crippen LogP contribution is -2.07. The monoisotopic (exact) mass is 257 g/mol. The van der Waals surface area contributed by atoms with Crippen LogP contribution in [0.3, 0.4) is 0 Å². The third-order valence-electron chi connectivity index (χ3n) is 3.05. The van der Waals surface area contributed by atoms with Crippen LogP contribution in [0.15, 0.2) is 41.5 Å². The second-order valence-corrected chi connectivity index (χ2v) is 5.59. The zero-order valence-electron chi connectivity index (χ0n) is 10.3. The minimum absolute atomic E-state index is 0.621. The number of rotatable bonds is 2. The van der Waals surface area contributed by atoms with Crippen molar-refractivity contribution in [3.63, 3.8) is 0 Å². The van der Waals surface area contributed by atoms with Gasteiger partial charge in [0, 0.05) is 16.8 Å². The molecule has 2 heterocycles. The van der Waals surface area contributed by atoms with Crippen LogP contribution in [0.4, 0.5) is 5.69 Å². The van der Waals surface area contributed by atoms with Crippen LogP contribution in [-0.4, -0.2) is 21.9 Å². The molecule has 1 aromatic heterocycles. The smallest absolute Gasteiger partial charge is 0.161 e. The maximum absolute atomic E-state index is 4.53. The molecule has 1 aliphatic heterocycles. The van der Waals surface area contributed by atoms with Crippen molar-refractivity contribution in [3.05, 3.63) is 36.5 Å². The number of anilines is 1. The van der Waals surface area contributed by atoms with Crippen molar-refractivity contribution >= 4 is 33.5 Å². The Morgan fingerprint density at radius 1 is 1.33 bits per heavy atom. The Morgan fingerprint density at radius 2 is 2.22 bits per heavy atom. The van der Waals surface area contributed by atoms with Crippen molar-refractivity contribution in [1.82, 2.24) is 4.98 Å². The number of hydrogen-bond acceptors (Lipinski definition) is 4. The van der Waals surface area contributed by atoms with Crippen molar-refractivity contribution in [2.24, 2.45) is 4.99 Å². The molecule has 0 fully saturated rings. The molecule has 0 radical (unpaired) electrons. The summed E-state index contributed by atoms with van der Waals surface area (Å²) in [4.78, 5) is 8.97. The maximum Gasteiger partial charge on any atom is 0.161 e. The van der Waals surface area contributed by atoms with Crippen LogP contribution in [0.2, 0.25) is 0 Å². The highest BCUT2D eigenvalue weighted by atomic mass is 32.2. The molecule has 3 rings (SSSR count). The molecule has 1 aromatic carbocycles. The number of fused-ring (bicyclic) bond motifs is 1. The minimum atomic E-state index is 0.621. The molecular weight excluding hydrogens is 242 g/mol. The summed E-state index contributed by atoms with van der Waals surface area (Å²) < 4.78 is 0. The Hall–Kier alpha value is -1.55. The van der Waals surface area contributed by atoms with Crippen molar-refractivity contribution in [2.75, 3.05) is 11.9 Å². The van der Waals surface area contributed by atoms with E-state index >= 15 is 0 Å². The number of aliphatic imine (C=N–C) groups is 1. The van der Waals surface area contributed by atoms with Crippen LogP contribution in [-0.2, 0) is 0 Å². The first-order chi connectivity index (χ1) is 8.86. The zero-order valence-corrected chi connectivity index (χ0v) is 11.1. The molecule has 0 bridgehead atoms. The average molecular weight is 257 g/mol. The van der Waals surface area contributed by atoms with E-state index in [9.17, 15) is 0 Å². The molecule has 1 aliphatic rings. The highest BCUT2D eigenvalue weighted by molar-refractivity contribution is 8.15. The summed E-state index contributed by atoms with van der Waals surface area (Å²) in [6.07, 6.45) is 2.99.